The van der Waals surface area contributed by atoms with Gasteiger partial charge in [-0.1, -0.05) is 6.92 Å². The van der Waals surface area contributed by atoms with E-state index in [1.54, 1.807) is 6.92 Å². The van der Waals surface area contributed by atoms with E-state index in [0.717, 1.165) is 12.1 Å². The van der Waals surface area contributed by atoms with E-state index in [2.05, 4.69) is 5.32 Å². The SMILES string of the molecule is CC[C@H](Oc1ccc(F)cc1)C(=O)Nc1ccc(C(F)(F)F)cc1. The first kappa shape index (κ1) is 17.8. The first-order valence-electron chi connectivity index (χ1n) is 7.20. The van der Waals surface area contributed by atoms with Crippen LogP contribution in [0, 0.1) is 5.82 Å². The lowest BCUT2D eigenvalue weighted by Crippen LogP contribution is -2.32. The number of carbonyl (C=O) groups excluding carboxylic acids is 1. The first-order valence-corrected chi connectivity index (χ1v) is 7.20. The van der Waals surface area contributed by atoms with Crippen molar-refractivity contribution in [1.29, 1.82) is 0 Å². The maximum atomic E-state index is 12.9. The molecule has 0 heterocycles. The van der Waals surface area contributed by atoms with Gasteiger partial charge in [-0.3, -0.25) is 4.79 Å². The third kappa shape index (κ3) is 4.71. The molecule has 0 bridgehead atoms. The summed E-state index contributed by atoms with van der Waals surface area (Å²) in [6.45, 7) is 1.72. The Morgan fingerprint density at radius 1 is 1.08 bits per heavy atom. The number of amides is 1. The van der Waals surface area contributed by atoms with Gasteiger partial charge in [-0.05, 0) is 55.0 Å². The molecule has 1 atom stereocenters. The van der Waals surface area contributed by atoms with Gasteiger partial charge in [-0.25, -0.2) is 4.39 Å². The molecule has 0 aliphatic heterocycles. The molecule has 1 N–H and O–H groups in total. The quantitative estimate of drug-likeness (QED) is 0.805. The third-order valence-electron chi connectivity index (χ3n) is 3.23. The number of nitrogens with one attached hydrogen (secondary N) is 1. The van der Waals surface area contributed by atoms with Gasteiger partial charge in [0.25, 0.3) is 5.91 Å². The first-order chi connectivity index (χ1) is 11.3. The lowest BCUT2D eigenvalue weighted by atomic mass is 10.2. The molecule has 0 unspecified atom stereocenters. The van der Waals surface area contributed by atoms with E-state index < -0.39 is 29.6 Å². The second kappa shape index (κ2) is 7.33. The lowest BCUT2D eigenvalue weighted by molar-refractivity contribution is -0.137. The Labute approximate surface area is 136 Å². The van der Waals surface area contributed by atoms with Crippen LogP contribution in [0.25, 0.3) is 0 Å². The summed E-state index contributed by atoms with van der Waals surface area (Å²) in [7, 11) is 0. The molecule has 128 valence electrons. The largest absolute Gasteiger partial charge is 0.481 e. The standard InChI is InChI=1S/C17H15F4NO2/c1-2-15(24-14-9-5-12(18)6-10-14)16(23)22-13-7-3-11(4-8-13)17(19,20)21/h3-10,15H,2H2,1H3,(H,22,23)/t15-/m0/s1. The van der Waals surface area contributed by atoms with Crippen molar-refractivity contribution in [2.75, 3.05) is 5.32 Å². The van der Waals surface area contributed by atoms with Crippen molar-refractivity contribution in [2.45, 2.75) is 25.6 Å². The number of hydrogen-bond donors (Lipinski definition) is 1. The predicted octanol–water partition coefficient (Wildman–Crippen LogP) is 4.64. The number of alkyl halides is 3. The van der Waals surface area contributed by atoms with Gasteiger partial charge in [0.2, 0.25) is 0 Å². The Hall–Kier alpha value is -2.57. The summed E-state index contributed by atoms with van der Waals surface area (Å²) >= 11 is 0. The maximum absolute atomic E-state index is 12.9. The van der Waals surface area contributed by atoms with Crippen molar-refractivity contribution in [2.24, 2.45) is 0 Å². The van der Waals surface area contributed by atoms with Gasteiger partial charge in [-0.2, -0.15) is 13.2 Å². The molecule has 2 aromatic carbocycles. The molecule has 3 nitrogen and oxygen atoms in total. The number of carbonyl (C=O) groups is 1. The molecule has 0 radical (unpaired) electrons. The highest BCUT2D eigenvalue weighted by Crippen LogP contribution is 2.29. The average Bonchev–Trinajstić information content (AvgIpc) is 2.54. The summed E-state index contributed by atoms with van der Waals surface area (Å²) in [5.74, 6) is -0.600. The molecule has 0 aliphatic rings. The Morgan fingerprint density at radius 3 is 2.17 bits per heavy atom. The fourth-order valence-electron chi connectivity index (χ4n) is 1.96. The minimum Gasteiger partial charge on any atom is -0.481 e. The van der Waals surface area contributed by atoms with E-state index in [1.165, 1.54) is 36.4 Å². The van der Waals surface area contributed by atoms with Crippen LogP contribution in [0.1, 0.15) is 18.9 Å². The van der Waals surface area contributed by atoms with Crippen LogP contribution < -0.4 is 10.1 Å². The molecular weight excluding hydrogens is 326 g/mol. The van der Waals surface area contributed by atoms with Gasteiger partial charge in [0.05, 0.1) is 5.56 Å². The Balaban J connectivity index is 2.02. The highest BCUT2D eigenvalue weighted by atomic mass is 19.4. The molecule has 7 heteroatoms. The van der Waals surface area contributed by atoms with Gasteiger partial charge >= 0.3 is 6.18 Å². The molecule has 0 fully saturated rings. The summed E-state index contributed by atoms with van der Waals surface area (Å²) in [6.07, 6.45) is -4.94. The van der Waals surface area contributed by atoms with Crippen molar-refractivity contribution in [3.63, 3.8) is 0 Å². The number of hydrogen-bond acceptors (Lipinski definition) is 2. The fraction of sp³-hybridized carbons (Fsp3) is 0.235. The van der Waals surface area contributed by atoms with E-state index >= 15 is 0 Å². The monoisotopic (exact) mass is 341 g/mol. The summed E-state index contributed by atoms with van der Waals surface area (Å²) in [5, 5.41) is 2.50. The smallest absolute Gasteiger partial charge is 0.416 e. The summed E-state index contributed by atoms with van der Waals surface area (Å²) < 4.78 is 55.8. The van der Waals surface area contributed by atoms with E-state index in [4.69, 9.17) is 4.74 Å². The van der Waals surface area contributed by atoms with Crippen LogP contribution in [-0.2, 0) is 11.0 Å². The molecule has 0 aliphatic carbocycles. The Kier molecular flexibility index (Phi) is 5.43. The number of anilines is 1. The van der Waals surface area contributed by atoms with Crippen LogP contribution in [0.4, 0.5) is 23.2 Å². The van der Waals surface area contributed by atoms with Gasteiger partial charge < -0.3 is 10.1 Å². The van der Waals surface area contributed by atoms with Crippen molar-refractivity contribution >= 4 is 11.6 Å². The summed E-state index contributed by atoms with van der Waals surface area (Å²) in [5.41, 5.74) is -0.566. The average molecular weight is 341 g/mol. The number of benzene rings is 2. The number of rotatable bonds is 5. The van der Waals surface area contributed by atoms with Crippen LogP contribution in [-0.4, -0.2) is 12.0 Å². The molecule has 24 heavy (non-hydrogen) atoms. The van der Waals surface area contributed by atoms with Crippen LogP contribution in [0.2, 0.25) is 0 Å². The molecule has 2 aromatic rings. The molecule has 0 aromatic heterocycles. The minimum atomic E-state index is -4.43. The molecule has 0 saturated heterocycles. The van der Waals surface area contributed by atoms with Crippen molar-refractivity contribution < 1.29 is 27.1 Å². The molecule has 1 amide bonds. The highest BCUT2D eigenvalue weighted by molar-refractivity contribution is 5.94. The van der Waals surface area contributed by atoms with E-state index in [-0.39, 0.29) is 5.69 Å². The Bertz CT molecular complexity index is 681. The van der Waals surface area contributed by atoms with Crippen LogP contribution in [0.15, 0.2) is 48.5 Å². The molecule has 2 rings (SSSR count). The van der Waals surface area contributed by atoms with Crippen molar-refractivity contribution in [3.8, 4) is 5.75 Å². The fourth-order valence-corrected chi connectivity index (χ4v) is 1.96. The van der Waals surface area contributed by atoms with Crippen LogP contribution in [0.5, 0.6) is 5.75 Å². The molecular formula is C17H15F4NO2. The van der Waals surface area contributed by atoms with Crippen molar-refractivity contribution in [3.05, 3.63) is 59.9 Å². The van der Waals surface area contributed by atoms with Gasteiger partial charge in [0, 0.05) is 5.69 Å². The van der Waals surface area contributed by atoms with E-state index in [1.807, 2.05) is 0 Å². The van der Waals surface area contributed by atoms with Crippen LogP contribution >= 0.6 is 0 Å². The topological polar surface area (TPSA) is 38.3 Å². The number of ether oxygens (including phenoxy) is 1. The zero-order valence-corrected chi connectivity index (χ0v) is 12.7. The third-order valence-corrected chi connectivity index (χ3v) is 3.23. The highest BCUT2D eigenvalue weighted by Gasteiger charge is 2.30. The predicted molar refractivity (Wildman–Crippen MR) is 81.2 cm³/mol. The minimum absolute atomic E-state index is 0.231. The van der Waals surface area contributed by atoms with Gasteiger partial charge in [0.1, 0.15) is 11.6 Å². The molecule has 0 spiro atoms. The summed E-state index contributed by atoms with van der Waals surface area (Å²) in [6, 6.07) is 9.31. The maximum Gasteiger partial charge on any atom is 0.416 e. The van der Waals surface area contributed by atoms with Crippen LogP contribution in [0.3, 0.4) is 0 Å². The lowest BCUT2D eigenvalue weighted by Gasteiger charge is -2.17. The number of halogens is 4. The van der Waals surface area contributed by atoms with Gasteiger partial charge in [0.15, 0.2) is 6.10 Å². The second-order valence-corrected chi connectivity index (χ2v) is 5.03. The van der Waals surface area contributed by atoms with E-state index in [9.17, 15) is 22.4 Å². The Morgan fingerprint density at radius 2 is 1.67 bits per heavy atom. The zero-order chi connectivity index (χ0) is 17.7. The van der Waals surface area contributed by atoms with Gasteiger partial charge in [-0.15, -0.1) is 0 Å². The van der Waals surface area contributed by atoms with Crippen molar-refractivity contribution in [1.82, 2.24) is 0 Å². The summed E-state index contributed by atoms with van der Waals surface area (Å²) in [4.78, 5) is 12.2. The molecule has 0 saturated carbocycles. The normalized spacial score (nSPS) is 12.5. The second-order valence-electron chi connectivity index (χ2n) is 5.03. The zero-order valence-electron chi connectivity index (χ0n) is 12.7. The van der Waals surface area contributed by atoms with E-state index in [0.29, 0.717) is 12.2 Å².